The second-order valence-electron chi connectivity index (χ2n) is 5.30. The molecule has 1 atom stereocenters. The van der Waals surface area contributed by atoms with E-state index in [1.807, 2.05) is 24.3 Å². The van der Waals surface area contributed by atoms with Gasteiger partial charge in [-0.25, -0.2) is 0 Å². The third-order valence-electron chi connectivity index (χ3n) is 4.36. The number of benzene rings is 1. The van der Waals surface area contributed by atoms with Gasteiger partial charge in [-0.1, -0.05) is 31.4 Å². The Morgan fingerprint density at radius 1 is 1.26 bits per heavy atom. The number of hydrogen-bond donors (Lipinski definition) is 1. The van der Waals surface area contributed by atoms with E-state index in [9.17, 15) is 10.4 Å². The van der Waals surface area contributed by atoms with Crippen LogP contribution in [0.2, 0.25) is 0 Å². The van der Waals surface area contributed by atoms with Crippen LogP contribution in [-0.4, -0.2) is 18.8 Å². The number of methoxy groups -OCH3 is 1. The van der Waals surface area contributed by atoms with Crippen LogP contribution in [0.4, 0.5) is 0 Å². The summed E-state index contributed by atoms with van der Waals surface area (Å²) in [6.45, 7) is -0.111. The van der Waals surface area contributed by atoms with E-state index in [1.54, 1.807) is 7.11 Å². The van der Waals surface area contributed by atoms with Gasteiger partial charge in [0, 0.05) is 0 Å². The van der Waals surface area contributed by atoms with Crippen molar-refractivity contribution < 1.29 is 9.84 Å². The molecule has 102 valence electrons. The lowest BCUT2D eigenvalue weighted by molar-refractivity contribution is 0.150. The van der Waals surface area contributed by atoms with Crippen molar-refractivity contribution in [3.63, 3.8) is 0 Å². The van der Waals surface area contributed by atoms with Crippen LogP contribution < -0.4 is 4.74 Å². The van der Waals surface area contributed by atoms with Crippen molar-refractivity contribution in [2.24, 2.45) is 5.92 Å². The summed E-state index contributed by atoms with van der Waals surface area (Å²) in [6.07, 6.45) is 5.61. The molecule has 1 aliphatic carbocycles. The fraction of sp³-hybridized carbons (Fsp3) is 0.562. The Hall–Kier alpha value is -1.53. The molecule has 0 amide bonds. The van der Waals surface area contributed by atoms with Gasteiger partial charge in [-0.2, -0.15) is 5.26 Å². The molecule has 1 unspecified atom stereocenters. The van der Waals surface area contributed by atoms with Gasteiger partial charge in [0.15, 0.2) is 0 Å². The molecular weight excluding hydrogens is 238 g/mol. The van der Waals surface area contributed by atoms with Crippen molar-refractivity contribution >= 4 is 0 Å². The highest BCUT2D eigenvalue weighted by atomic mass is 16.5. The molecule has 0 radical (unpaired) electrons. The second kappa shape index (κ2) is 6.08. The summed E-state index contributed by atoms with van der Waals surface area (Å²) in [5.74, 6) is 1.03. The van der Waals surface area contributed by atoms with Gasteiger partial charge in [0.1, 0.15) is 11.2 Å². The maximum Gasteiger partial charge on any atom is 0.118 e. The first-order chi connectivity index (χ1) is 9.26. The predicted octanol–water partition coefficient (Wildman–Crippen LogP) is 3.03. The van der Waals surface area contributed by atoms with Crippen LogP contribution in [-0.2, 0) is 5.41 Å². The molecule has 1 saturated carbocycles. The largest absolute Gasteiger partial charge is 0.497 e. The van der Waals surface area contributed by atoms with Crippen LogP contribution in [0.25, 0.3) is 0 Å². The number of ether oxygens (including phenoxy) is 1. The van der Waals surface area contributed by atoms with Gasteiger partial charge < -0.3 is 9.84 Å². The third kappa shape index (κ3) is 2.59. The molecule has 19 heavy (non-hydrogen) atoms. The molecule has 1 aliphatic rings. The normalized spacial score (nSPS) is 19.4. The first-order valence-electron chi connectivity index (χ1n) is 6.93. The molecule has 3 nitrogen and oxygen atoms in total. The van der Waals surface area contributed by atoms with Gasteiger partial charge in [0.2, 0.25) is 0 Å². The molecule has 0 spiro atoms. The number of nitrogens with zero attached hydrogens (tertiary/aromatic N) is 1. The van der Waals surface area contributed by atoms with E-state index in [4.69, 9.17) is 4.74 Å². The molecule has 1 aromatic carbocycles. The Balaban J connectivity index is 2.34. The van der Waals surface area contributed by atoms with E-state index in [1.165, 1.54) is 6.42 Å². The fourth-order valence-corrected chi connectivity index (χ4v) is 3.13. The Morgan fingerprint density at radius 2 is 1.89 bits per heavy atom. The van der Waals surface area contributed by atoms with Gasteiger partial charge in [-0.15, -0.1) is 0 Å². The third-order valence-corrected chi connectivity index (χ3v) is 4.36. The molecule has 0 aliphatic heterocycles. The molecule has 0 saturated heterocycles. The molecular formula is C16H21NO2. The Bertz CT molecular complexity index is 443. The molecule has 0 heterocycles. The molecule has 1 aromatic rings. The minimum absolute atomic E-state index is 0.111. The van der Waals surface area contributed by atoms with Crippen molar-refractivity contribution in [3.05, 3.63) is 29.8 Å². The van der Waals surface area contributed by atoms with E-state index in [2.05, 4.69) is 6.07 Å². The van der Waals surface area contributed by atoms with Crippen LogP contribution in [0.3, 0.4) is 0 Å². The summed E-state index contributed by atoms with van der Waals surface area (Å²) in [4.78, 5) is 0. The quantitative estimate of drug-likeness (QED) is 0.904. The number of aliphatic hydroxyl groups excluding tert-OH is 1. The lowest BCUT2D eigenvalue weighted by atomic mass is 9.66. The molecule has 1 fully saturated rings. The van der Waals surface area contributed by atoms with E-state index < -0.39 is 5.41 Å². The zero-order chi connectivity index (χ0) is 13.7. The van der Waals surface area contributed by atoms with Gasteiger partial charge in [-0.05, 0) is 36.5 Å². The number of nitriles is 1. The van der Waals surface area contributed by atoms with E-state index in [0.717, 1.165) is 37.0 Å². The van der Waals surface area contributed by atoms with Crippen molar-refractivity contribution in [2.75, 3.05) is 13.7 Å². The standard InChI is InChI=1S/C16H21NO2/c1-19-15-9-7-14(8-10-15)16(11-17,12-18)13-5-3-2-4-6-13/h7-10,13,18H,2-6,12H2,1H3. The topological polar surface area (TPSA) is 53.2 Å². The van der Waals surface area contributed by atoms with Gasteiger partial charge in [0.05, 0.1) is 19.8 Å². The first-order valence-corrected chi connectivity index (χ1v) is 6.93. The number of rotatable bonds is 4. The highest BCUT2D eigenvalue weighted by Crippen LogP contribution is 2.41. The molecule has 0 bridgehead atoms. The van der Waals surface area contributed by atoms with Crippen molar-refractivity contribution in [1.82, 2.24) is 0 Å². The SMILES string of the molecule is COc1ccc(C(C#N)(CO)C2CCCCC2)cc1. The minimum Gasteiger partial charge on any atom is -0.497 e. The Labute approximate surface area is 114 Å². The summed E-state index contributed by atoms with van der Waals surface area (Å²) in [6, 6.07) is 9.94. The summed E-state index contributed by atoms with van der Waals surface area (Å²) >= 11 is 0. The fourth-order valence-electron chi connectivity index (χ4n) is 3.13. The number of hydrogen-bond acceptors (Lipinski definition) is 3. The Kier molecular flexibility index (Phi) is 4.44. The second-order valence-corrected chi connectivity index (χ2v) is 5.30. The summed E-state index contributed by atoms with van der Waals surface area (Å²) in [7, 11) is 1.62. The van der Waals surface area contributed by atoms with Crippen LogP contribution >= 0.6 is 0 Å². The Morgan fingerprint density at radius 3 is 2.37 bits per heavy atom. The highest BCUT2D eigenvalue weighted by molar-refractivity contribution is 5.38. The summed E-state index contributed by atoms with van der Waals surface area (Å²) < 4.78 is 5.15. The molecule has 2 rings (SSSR count). The van der Waals surface area contributed by atoms with Crippen molar-refractivity contribution in [3.8, 4) is 11.8 Å². The average Bonchev–Trinajstić information content (AvgIpc) is 2.51. The molecule has 3 heteroatoms. The summed E-state index contributed by atoms with van der Waals surface area (Å²) in [5, 5.41) is 19.5. The van der Waals surface area contributed by atoms with Crippen LogP contribution in [0.1, 0.15) is 37.7 Å². The minimum atomic E-state index is -0.757. The van der Waals surface area contributed by atoms with Crippen LogP contribution in [0.5, 0.6) is 5.75 Å². The smallest absolute Gasteiger partial charge is 0.118 e. The van der Waals surface area contributed by atoms with Crippen molar-refractivity contribution in [1.29, 1.82) is 5.26 Å². The van der Waals surface area contributed by atoms with E-state index in [-0.39, 0.29) is 12.5 Å². The zero-order valence-corrected chi connectivity index (χ0v) is 11.4. The van der Waals surface area contributed by atoms with Gasteiger partial charge >= 0.3 is 0 Å². The highest BCUT2D eigenvalue weighted by Gasteiger charge is 2.40. The monoisotopic (exact) mass is 259 g/mol. The number of aliphatic hydroxyl groups is 1. The van der Waals surface area contributed by atoms with Gasteiger partial charge in [-0.3, -0.25) is 0 Å². The van der Waals surface area contributed by atoms with Crippen LogP contribution in [0.15, 0.2) is 24.3 Å². The first kappa shape index (κ1) is 13.9. The molecule has 1 N–H and O–H groups in total. The predicted molar refractivity (Wildman–Crippen MR) is 73.9 cm³/mol. The lowest BCUT2D eigenvalue weighted by Crippen LogP contribution is -2.38. The van der Waals surface area contributed by atoms with Crippen LogP contribution in [0, 0.1) is 17.2 Å². The summed E-state index contributed by atoms with van der Waals surface area (Å²) in [5.41, 5.74) is 0.150. The zero-order valence-electron chi connectivity index (χ0n) is 11.4. The maximum atomic E-state index is 9.85. The van der Waals surface area contributed by atoms with E-state index in [0.29, 0.717) is 0 Å². The molecule has 0 aromatic heterocycles. The average molecular weight is 259 g/mol. The maximum absolute atomic E-state index is 9.85. The van der Waals surface area contributed by atoms with Crippen molar-refractivity contribution in [2.45, 2.75) is 37.5 Å². The lowest BCUT2D eigenvalue weighted by Gasteiger charge is -2.36. The van der Waals surface area contributed by atoms with E-state index >= 15 is 0 Å². The van der Waals surface area contributed by atoms with Gasteiger partial charge in [0.25, 0.3) is 0 Å².